The maximum Gasteiger partial charge on any atom is 0.164 e. The molecule has 0 atom stereocenters. The van der Waals surface area contributed by atoms with Crippen LogP contribution in [-0.4, -0.2) is 20.2 Å². The highest BCUT2D eigenvalue weighted by atomic mass is 15.5. The van der Waals surface area contributed by atoms with Crippen molar-refractivity contribution in [1.82, 2.24) is 20.2 Å². The first-order valence-electron chi connectivity index (χ1n) is 6.60. The number of nitrogens with two attached hydrogens (primary N) is 1. The van der Waals surface area contributed by atoms with Crippen LogP contribution in [0.4, 0.5) is 0 Å². The van der Waals surface area contributed by atoms with Crippen LogP contribution >= 0.6 is 0 Å². The lowest BCUT2D eigenvalue weighted by molar-refractivity contribution is 0.185. The minimum Gasteiger partial charge on any atom is -0.324 e. The normalized spacial score (nSPS) is 19.1. The van der Waals surface area contributed by atoms with E-state index in [0.717, 1.165) is 18.3 Å². The number of hydrogen-bond acceptors (Lipinski definition) is 4. The Morgan fingerprint density at radius 2 is 2.06 bits per heavy atom. The molecule has 0 radical (unpaired) electrons. The zero-order valence-corrected chi connectivity index (χ0v) is 10.9. The zero-order chi connectivity index (χ0) is 12.3. The van der Waals surface area contributed by atoms with Crippen molar-refractivity contribution in [3.05, 3.63) is 5.82 Å². The van der Waals surface area contributed by atoms with Crippen molar-refractivity contribution in [2.24, 2.45) is 17.1 Å². The van der Waals surface area contributed by atoms with Crippen LogP contribution in [0.5, 0.6) is 0 Å². The van der Waals surface area contributed by atoms with Crippen molar-refractivity contribution in [1.29, 1.82) is 0 Å². The third-order valence-corrected chi connectivity index (χ3v) is 3.78. The van der Waals surface area contributed by atoms with E-state index in [1.165, 1.54) is 32.1 Å². The van der Waals surface area contributed by atoms with Gasteiger partial charge in [-0.25, -0.2) is 4.68 Å². The third-order valence-electron chi connectivity index (χ3n) is 3.78. The Morgan fingerprint density at radius 3 is 2.65 bits per heavy atom. The standard InChI is InChI=1S/C12H23N5/c1-10(2)7-12(5-3-4-6-12)9-17-11(8-13)14-15-16-17/h10H,3-9,13H2,1-2H3. The summed E-state index contributed by atoms with van der Waals surface area (Å²) >= 11 is 0. The third kappa shape index (κ3) is 2.83. The summed E-state index contributed by atoms with van der Waals surface area (Å²) in [5.74, 6) is 1.53. The van der Waals surface area contributed by atoms with E-state index in [4.69, 9.17) is 5.73 Å². The van der Waals surface area contributed by atoms with Crippen molar-refractivity contribution in [3.63, 3.8) is 0 Å². The predicted octanol–water partition coefficient (Wildman–Crippen LogP) is 1.74. The fourth-order valence-electron chi connectivity index (χ4n) is 3.23. The summed E-state index contributed by atoms with van der Waals surface area (Å²) in [6.07, 6.45) is 6.54. The topological polar surface area (TPSA) is 69.6 Å². The van der Waals surface area contributed by atoms with Crippen LogP contribution in [0, 0.1) is 11.3 Å². The Kier molecular flexibility index (Phi) is 3.76. The van der Waals surface area contributed by atoms with Gasteiger partial charge in [0.05, 0.1) is 13.1 Å². The quantitative estimate of drug-likeness (QED) is 0.846. The van der Waals surface area contributed by atoms with Crippen LogP contribution < -0.4 is 5.73 Å². The molecule has 2 N–H and O–H groups in total. The molecule has 1 aliphatic carbocycles. The van der Waals surface area contributed by atoms with Crippen LogP contribution in [-0.2, 0) is 13.1 Å². The van der Waals surface area contributed by atoms with E-state index in [0.29, 0.717) is 12.0 Å². The summed E-state index contributed by atoms with van der Waals surface area (Å²) in [6.45, 7) is 5.95. The molecule has 0 unspecified atom stereocenters. The van der Waals surface area contributed by atoms with Gasteiger partial charge < -0.3 is 5.73 Å². The van der Waals surface area contributed by atoms with Crippen molar-refractivity contribution in [2.45, 2.75) is 59.0 Å². The number of aromatic nitrogens is 4. The number of hydrogen-bond donors (Lipinski definition) is 1. The molecule has 0 bridgehead atoms. The van der Waals surface area contributed by atoms with E-state index < -0.39 is 0 Å². The van der Waals surface area contributed by atoms with Crippen molar-refractivity contribution < 1.29 is 0 Å². The Bertz CT molecular complexity index is 352. The maximum absolute atomic E-state index is 5.65. The second kappa shape index (κ2) is 5.12. The van der Waals surface area contributed by atoms with Gasteiger partial charge in [0.2, 0.25) is 0 Å². The summed E-state index contributed by atoms with van der Waals surface area (Å²) in [5, 5.41) is 11.8. The molecule has 5 nitrogen and oxygen atoms in total. The van der Waals surface area contributed by atoms with E-state index in [-0.39, 0.29) is 0 Å². The van der Waals surface area contributed by atoms with E-state index in [1.54, 1.807) is 0 Å². The van der Waals surface area contributed by atoms with Crippen LogP contribution in [0.2, 0.25) is 0 Å². The highest BCUT2D eigenvalue weighted by molar-refractivity contribution is 4.88. The van der Waals surface area contributed by atoms with Gasteiger partial charge in [-0.15, -0.1) is 5.10 Å². The van der Waals surface area contributed by atoms with Crippen molar-refractivity contribution >= 4 is 0 Å². The smallest absolute Gasteiger partial charge is 0.164 e. The molecule has 1 saturated carbocycles. The highest BCUT2D eigenvalue weighted by Crippen LogP contribution is 2.44. The molecule has 1 aliphatic rings. The van der Waals surface area contributed by atoms with E-state index in [2.05, 4.69) is 29.4 Å². The average molecular weight is 237 g/mol. The fourth-order valence-corrected chi connectivity index (χ4v) is 3.23. The molecule has 17 heavy (non-hydrogen) atoms. The molecule has 5 heteroatoms. The number of nitrogens with zero attached hydrogens (tertiary/aromatic N) is 4. The van der Waals surface area contributed by atoms with Crippen LogP contribution in [0.25, 0.3) is 0 Å². The number of tetrazole rings is 1. The molecule has 0 spiro atoms. The molecule has 0 aromatic carbocycles. The first kappa shape index (κ1) is 12.5. The van der Waals surface area contributed by atoms with Gasteiger partial charge in [-0.05, 0) is 41.0 Å². The Hall–Kier alpha value is -0.970. The van der Waals surface area contributed by atoms with Gasteiger partial charge in [0.15, 0.2) is 5.82 Å². The molecule has 2 rings (SSSR count). The Labute approximate surface area is 103 Å². The summed E-state index contributed by atoms with van der Waals surface area (Å²) < 4.78 is 1.91. The maximum atomic E-state index is 5.65. The zero-order valence-electron chi connectivity index (χ0n) is 10.9. The molecule has 0 saturated heterocycles. The van der Waals surface area contributed by atoms with Crippen LogP contribution in [0.3, 0.4) is 0 Å². The second-order valence-electron chi connectivity index (χ2n) is 5.76. The molecule has 1 heterocycles. The largest absolute Gasteiger partial charge is 0.324 e. The SMILES string of the molecule is CC(C)CC1(Cn2nnnc2CN)CCCC1. The van der Waals surface area contributed by atoms with Gasteiger partial charge in [0, 0.05) is 0 Å². The Balaban J connectivity index is 2.12. The van der Waals surface area contributed by atoms with Gasteiger partial charge in [0.1, 0.15) is 0 Å². The predicted molar refractivity (Wildman–Crippen MR) is 66.1 cm³/mol. The molecule has 0 amide bonds. The van der Waals surface area contributed by atoms with E-state index >= 15 is 0 Å². The van der Waals surface area contributed by atoms with Gasteiger partial charge in [-0.3, -0.25) is 0 Å². The molecule has 1 aromatic heterocycles. The molecular weight excluding hydrogens is 214 g/mol. The lowest BCUT2D eigenvalue weighted by Crippen LogP contribution is -2.27. The number of rotatable bonds is 5. The van der Waals surface area contributed by atoms with Gasteiger partial charge >= 0.3 is 0 Å². The van der Waals surface area contributed by atoms with E-state index in [9.17, 15) is 0 Å². The average Bonchev–Trinajstić information content (AvgIpc) is 2.87. The molecule has 1 fully saturated rings. The monoisotopic (exact) mass is 237 g/mol. The highest BCUT2D eigenvalue weighted by Gasteiger charge is 2.35. The van der Waals surface area contributed by atoms with E-state index in [1.807, 2.05) is 4.68 Å². The van der Waals surface area contributed by atoms with Gasteiger partial charge in [-0.1, -0.05) is 26.7 Å². The minimum absolute atomic E-state index is 0.396. The Morgan fingerprint density at radius 1 is 1.35 bits per heavy atom. The lowest BCUT2D eigenvalue weighted by atomic mass is 9.78. The molecular formula is C12H23N5. The van der Waals surface area contributed by atoms with Crippen molar-refractivity contribution in [3.8, 4) is 0 Å². The first-order chi connectivity index (χ1) is 8.15. The molecule has 1 aromatic rings. The first-order valence-corrected chi connectivity index (χ1v) is 6.60. The molecule has 96 valence electrons. The van der Waals surface area contributed by atoms with Crippen molar-refractivity contribution in [2.75, 3.05) is 0 Å². The van der Waals surface area contributed by atoms with Crippen LogP contribution in [0.15, 0.2) is 0 Å². The fraction of sp³-hybridized carbons (Fsp3) is 0.917. The van der Waals surface area contributed by atoms with Gasteiger partial charge in [0.25, 0.3) is 0 Å². The summed E-state index contributed by atoms with van der Waals surface area (Å²) in [5.41, 5.74) is 6.05. The van der Waals surface area contributed by atoms with Gasteiger partial charge in [-0.2, -0.15) is 0 Å². The molecule has 0 aliphatic heterocycles. The summed E-state index contributed by atoms with van der Waals surface area (Å²) in [4.78, 5) is 0. The van der Waals surface area contributed by atoms with Crippen LogP contribution in [0.1, 0.15) is 51.8 Å². The summed E-state index contributed by atoms with van der Waals surface area (Å²) in [6, 6.07) is 0. The minimum atomic E-state index is 0.396. The summed E-state index contributed by atoms with van der Waals surface area (Å²) in [7, 11) is 0. The second-order valence-corrected chi connectivity index (χ2v) is 5.76. The lowest BCUT2D eigenvalue weighted by Gasteiger charge is -2.30.